The van der Waals surface area contributed by atoms with Gasteiger partial charge in [0.25, 0.3) is 11.5 Å². The third kappa shape index (κ3) is 2.59. The van der Waals surface area contributed by atoms with E-state index < -0.39 is 11.6 Å². The van der Waals surface area contributed by atoms with Crippen LogP contribution in [0.2, 0.25) is 0 Å². The summed E-state index contributed by atoms with van der Waals surface area (Å²) in [5.74, 6) is -0.469. The maximum atomic E-state index is 12.5. The third-order valence-corrected chi connectivity index (χ3v) is 3.53. The zero-order valence-electron chi connectivity index (χ0n) is 12.0. The number of pyridine rings is 1. The summed E-state index contributed by atoms with van der Waals surface area (Å²) in [6.45, 7) is 2.26. The zero-order valence-corrected chi connectivity index (χ0v) is 12.0. The molecular formula is C14H19N3O3. The summed E-state index contributed by atoms with van der Waals surface area (Å²) < 4.78 is 0. The first-order chi connectivity index (χ1) is 9.41. The molecule has 1 fully saturated rings. The van der Waals surface area contributed by atoms with Crippen LogP contribution in [-0.2, 0) is 4.79 Å². The fourth-order valence-corrected chi connectivity index (χ4v) is 2.46. The Labute approximate surface area is 117 Å². The molecule has 2 amide bonds. The lowest BCUT2D eigenvalue weighted by molar-refractivity contribution is -0.132. The van der Waals surface area contributed by atoms with E-state index in [9.17, 15) is 14.4 Å². The zero-order chi connectivity index (χ0) is 14.9. The first kappa shape index (κ1) is 14.3. The summed E-state index contributed by atoms with van der Waals surface area (Å²) in [6.07, 6.45) is 1.42. The van der Waals surface area contributed by atoms with Crippen LogP contribution in [0.5, 0.6) is 0 Å². The summed E-state index contributed by atoms with van der Waals surface area (Å²) in [7, 11) is 3.34. The maximum Gasteiger partial charge on any atom is 0.260 e. The lowest BCUT2D eigenvalue weighted by Gasteiger charge is -2.26. The monoisotopic (exact) mass is 277 g/mol. The number of carbonyl (C=O) groups is 2. The Bertz CT molecular complexity index is 592. The summed E-state index contributed by atoms with van der Waals surface area (Å²) in [6, 6.07) is 2.75. The molecule has 6 nitrogen and oxygen atoms in total. The topological polar surface area (TPSA) is 73.5 Å². The molecule has 0 spiro atoms. The molecule has 0 aromatic carbocycles. The van der Waals surface area contributed by atoms with Gasteiger partial charge in [0.1, 0.15) is 11.6 Å². The van der Waals surface area contributed by atoms with Crippen LogP contribution in [0.3, 0.4) is 0 Å². The van der Waals surface area contributed by atoms with Gasteiger partial charge in [-0.3, -0.25) is 14.4 Å². The van der Waals surface area contributed by atoms with Crippen LogP contribution in [-0.4, -0.2) is 53.3 Å². The van der Waals surface area contributed by atoms with Crippen molar-refractivity contribution in [3.63, 3.8) is 0 Å². The van der Waals surface area contributed by atoms with E-state index >= 15 is 0 Å². The van der Waals surface area contributed by atoms with Crippen molar-refractivity contribution in [2.24, 2.45) is 0 Å². The predicted molar refractivity (Wildman–Crippen MR) is 74.6 cm³/mol. The Morgan fingerprint density at radius 1 is 1.35 bits per heavy atom. The van der Waals surface area contributed by atoms with Gasteiger partial charge in [0.2, 0.25) is 5.91 Å². The van der Waals surface area contributed by atoms with Gasteiger partial charge < -0.3 is 14.8 Å². The summed E-state index contributed by atoms with van der Waals surface area (Å²) in [5.41, 5.74) is 0.390. The number of amides is 2. The van der Waals surface area contributed by atoms with Crippen molar-refractivity contribution in [1.82, 2.24) is 14.8 Å². The summed E-state index contributed by atoms with van der Waals surface area (Å²) in [5, 5.41) is 0. The second kappa shape index (κ2) is 5.48. The van der Waals surface area contributed by atoms with E-state index in [0.717, 1.165) is 6.42 Å². The van der Waals surface area contributed by atoms with Crippen molar-refractivity contribution in [3.05, 3.63) is 33.7 Å². The molecule has 2 rings (SSSR count). The molecule has 1 atom stereocenters. The average molecular weight is 277 g/mol. The largest absolute Gasteiger partial charge is 0.347 e. The molecule has 0 bridgehead atoms. The molecule has 1 aromatic rings. The lowest BCUT2D eigenvalue weighted by Crippen LogP contribution is -2.46. The van der Waals surface area contributed by atoms with Crippen molar-refractivity contribution in [1.29, 1.82) is 0 Å². The molecule has 0 aliphatic carbocycles. The smallest absolute Gasteiger partial charge is 0.260 e. The second-order valence-corrected chi connectivity index (χ2v) is 5.27. The highest BCUT2D eigenvalue weighted by molar-refractivity contribution is 5.97. The van der Waals surface area contributed by atoms with Gasteiger partial charge in [-0.2, -0.15) is 0 Å². The van der Waals surface area contributed by atoms with E-state index in [-0.39, 0.29) is 17.4 Å². The minimum Gasteiger partial charge on any atom is -0.347 e. The van der Waals surface area contributed by atoms with Crippen LogP contribution in [0.25, 0.3) is 0 Å². The van der Waals surface area contributed by atoms with E-state index in [2.05, 4.69) is 4.98 Å². The molecule has 1 aliphatic rings. The van der Waals surface area contributed by atoms with Crippen molar-refractivity contribution in [2.45, 2.75) is 25.8 Å². The van der Waals surface area contributed by atoms with E-state index in [0.29, 0.717) is 18.7 Å². The molecule has 2 heterocycles. The molecule has 108 valence electrons. The quantitative estimate of drug-likeness (QED) is 0.849. The fourth-order valence-electron chi connectivity index (χ4n) is 2.46. The Morgan fingerprint density at radius 2 is 2.05 bits per heavy atom. The van der Waals surface area contributed by atoms with Gasteiger partial charge in [-0.25, -0.2) is 0 Å². The normalized spacial score (nSPS) is 18.1. The highest BCUT2D eigenvalue weighted by Gasteiger charge is 2.36. The number of aromatic nitrogens is 1. The van der Waals surface area contributed by atoms with Crippen molar-refractivity contribution >= 4 is 11.8 Å². The molecule has 1 aliphatic heterocycles. The van der Waals surface area contributed by atoms with E-state index in [1.165, 1.54) is 15.9 Å². The number of rotatable bonds is 2. The van der Waals surface area contributed by atoms with Gasteiger partial charge in [-0.05, 0) is 31.9 Å². The molecule has 6 heteroatoms. The molecule has 1 aromatic heterocycles. The molecule has 20 heavy (non-hydrogen) atoms. The minimum atomic E-state index is -0.460. The number of nitrogens with one attached hydrogen (secondary N) is 1. The Balaban J connectivity index is 2.28. The highest BCUT2D eigenvalue weighted by atomic mass is 16.2. The van der Waals surface area contributed by atoms with Gasteiger partial charge in [-0.1, -0.05) is 0 Å². The lowest BCUT2D eigenvalue weighted by atomic mass is 10.1. The van der Waals surface area contributed by atoms with Gasteiger partial charge in [0.15, 0.2) is 0 Å². The first-order valence-corrected chi connectivity index (χ1v) is 6.64. The summed E-state index contributed by atoms with van der Waals surface area (Å²) >= 11 is 0. The average Bonchev–Trinajstić information content (AvgIpc) is 2.86. The number of aromatic amines is 1. The number of carbonyl (C=O) groups excluding carboxylic acids is 2. The van der Waals surface area contributed by atoms with E-state index in [4.69, 9.17) is 0 Å². The van der Waals surface area contributed by atoms with Crippen LogP contribution in [0.4, 0.5) is 0 Å². The number of likely N-dealkylation sites (tertiary alicyclic amines) is 1. The van der Waals surface area contributed by atoms with Crippen LogP contribution in [0, 0.1) is 6.92 Å². The maximum absolute atomic E-state index is 12.5. The predicted octanol–water partition coefficient (Wildman–Crippen LogP) is 0.376. The van der Waals surface area contributed by atoms with Crippen molar-refractivity contribution in [3.8, 4) is 0 Å². The molecular weight excluding hydrogens is 258 g/mol. The Kier molecular flexibility index (Phi) is 3.92. The second-order valence-electron chi connectivity index (χ2n) is 5.27. The Morgan fingerprint density at radius 3 is 2.65 bits per heavy atom. The van der Waals surface area contributed by atoms with E-state index in [1.807, 2.05) is 0 Å². The van der Waals surface area contributed by atoms with Gasteiger partial charge in [0, 0.05) is 26.3 Å². The third-order valence-electron chi connectivity index (χ3n) is 3.53. The number of H-pyrrole nitrogens is 1. The van der Waals surface area contributed by atoms with Gasteiger partial charge in [0.05, 0.1) is 0 Å². The molecule has 0 saturated carbocycles. The highest BCUT2D eigenvalue weighted by Crippen LogP contribution is 2.20. The van der Waals surface area contributed by atoms with Crippen LogP contribution in [0.15, 0.2) is 16.9 Å². The molecule has 1 N–H and O–H groups in total. The number of hydrogen-bond acceptors (Lipinski definition) is 3. The van der Waals surface area contributed by atoms with Gasteiger partial charge >= 0.3 is 0 Å². The number of aryl methyl sites for hydroxylation is 1. The van der Waals surface area contributed by atoms with Crippen molar-refractivity contribution in [2.75, 3.05) is 20.6 Å². The molecule has 0 radical (unpaired) electrons. The Hall–Kier alpha value is -2.11. The van der Waals surface area contributed by atoms with Gasteiger partial charge in [-0.15, -0.1) is 0 Å². The fraction of sp³-hybridized carbons (Fsp3) is 0.500. The van der Waals surface area contributed by atoms with E-state index in [1.54, 1.807) is 27.1 Å². The van der Waals surface area contributed by atoms with Crippen LogP contribution < -0.4 is 5.56 Å². The molecule has 1 unspecified atom stereocenters. The van der Waals surface area contributed by atoms with Crippen LogP contribution >= 0.6 is 0 Å². The summed E-state index contributed by atoms with van der Waals surface area (Å²) in [4.78, 5) is 42.0. The number of likely N-dealkylation sites (N-methyl/N-ethyl adjacent to an activating group) is 1. The first-order valence-electron chi connectivity index (χ1n) is 6.64. The number of nitrogens with zero attached hydrogens (tertiary/aromatic N) is 2. The molecule has 1 saturated heterocycles. The number of hydrogen-bond donors (Lipinski definition) is 1. The minimum absolute atomic E-state index is 0.0917. The van der Waals surface area contributed by atoms with Crippen LogP contribution in [0.1, 0.15) is 28.9 Å². The van der Waals surface area contributed by atoms with Crippen molar-refractivity contribution < 1.29 is 9.59 Å². The standard InChI is InChI=1S/C14H19N3O3/c1-9-6-7-10(12(18)15-9)13(19)17-8-4-5-11(17)14(20)16(2)3/h6-7,11H,4-5,8H2,1-3H3,(H,15,18). The SMILES string of the molecule is Cc1ccc(C(=O)N2CCCC2C(=O)N(C)C)c(=O)[nH]1.